The van der Waals surface area contributed by atoms with Crippen LogP contribution in [0.1, 0.15) is 233 Å². The molecule has 19 nitrogen and oxygen atoms in total. The van der Waals surface area contributed by atoms with Gasteiger partial charge in [0.2, 0.25) is 0 Å². The van der Waals surface area contributed by atoms with Crippen LogP contribution >= 0.6 is 0 Å². The van der Waals surface area contributed by atoms with Crippen LogP contribution in [0.15, 0.2) is 315 Å². The standard InChI is InChI=1S/C21H29NO2.C20H27NO2.C20H27NO.C18H22N2O3.C18H25NO2.C16H25NO.C15H23N/c1-4-5-6-7-16-22(19-10-14-21(24-3)15-11-19)17-18-8-12-20(23-2)13-9-18;1-4-5-6-14-21(18-8-7-9-20(15-18)23-3)16-17-10-12-19(22-2)13-11-17;1-4-5-6-15-21(16-18-9-7-17(2)8-10-18)19-11-13-20(22-3)14-12-19;1-3-4-13-19(16-9-11-18(23-2)12-10-16)14-15-5-7-17(8-6-15)20(21)22;1-3-4-5-12-19(15-18-7-6-13-21-18)14-16-8-10-17(20-2)11-9-16;1-4-6-7-13-17(12-5-2)14-15-8-10-16(18-3)11-9-15;1-4-6-12-16(11-5-2)13-15-9-7-14(3)8-10-15/h8-15H,4-7,16-17H2,1-3H3;7-13,15H,4-6,14,16H2,1-3H3;7-14H,4-6,15-16H2,1-3H3;5-12H,3-4,13-14H2,1-2H3;6-11,13H,3-5,12,14-15H2,1-2H3;5,8-11H,2,4,6-7,12-14H2,1,3H3;5,7-10H,2,4,6,11-13H2,1,3H3. The average molecular weight is 2000 g/mol. The number of ether oxygens (including phenoxy) is 8. The highest BCUT2D eigenvalue weighted by Gasteiger charge is 2.17. The largest absolute Gasteiger partial charge is 0.497 e. The van der Waals surface area contributed by atoms with E-state index in [1.807, 2.05) is 140 Å². The second-order valence-corrected chi connectivity index (χ2v) is 37.2. The zero-order chi connectivity index (χ0) is 106. The monoisotopic (exact) mass is 2000 g/mol. The molecular formula is C128H178N8O11. The number of nitro groups is 1. The van der Waals surface area contributed by atoms with E-state index in [2.05, 4.69) is 249 Å². The molecule has 19 heteroatoms. The third-order valence-corrected chi connectivity index (χ3v) is 25.3. The van der Waals surface area contributed by atoms with Gasteiger partial charge >= 0.3 is 0 Å². The van der Waals surface area contributed by atoms with Gasteiger partial charge in [0.15, 0.2) is 0 Å². The maximum absolute atomic E-state index is 10.7. The van der Waals surface area contributed by atoms with Gasteiger partial charge in [-0.2, -0.15) is 0 Å². The zero-order valence-electron chi connectivity index (χ0n) is 92.4. The number of anilines is 4. The molecule has 12 aromatic rings. The Morgan fingerprint density at radius 2 is 0.524 bits per heavy atom. The Morgan fingerprint density at radius 1 is 0.265 bits per heavy atom. The van der Waals surface area contributed by atoms with Crippen LogP contribution < -0.4 is 57.5 Å². The Morgan fingerprint density at radius 3 is 0.830 bits per heavy atom. The lowest BCUT2D eigenvalue weighted by Crippen LogP contribution is -2.24. The van der Waals surface area contributed by atoms with Gasteiger partial charge in [0, 0.05) is 126 Å². The van der Waals surface area contributed by atoms with Crippen molar-refractivity contribution in [2.24, 2.45) is 0 Å². The second kappa shape index (κ2) is 75.7. The van der Waals surface area contributed by atoms with Gasteiger partial charge in [0.05, 0.1) is 74.6 Å². The zero-order valence-corrected chi connectivity index (χ0v) is 92.4. The molecule has 0 unspecified atom stereocenters. The molecule has 147 heavy (non-hydrogen) atoms. The number of nitrogens with zero attached hydrogens (tertiary/aromatic N) is 8. The Kier molecular flexibility index (Phi) is 63.2. The quantitative estimate of drug-likeness (QED) is 0.0154. The minimum atomic E-state index is -0.373. The molecule has 1 heterocycles. The molecule has 0 N–H and O–H groups in total. The lowest BCUT2D eigenvalue weighted by molar-refractivity contribution is -0.384. The lowest BCUT2D eigenvalue weighted by Gasteiger charge is -2.25. The van der Waals surface area contributed by atoms with Crippen molar-refractivity contribution in [3.8, 4) is 46.0 Å². The van der Waals surface area contributed by atoms with Crippen molar-refractivity contribution in [1.82, 2.24) is 14.7 Å². The number of non-ortho nitro benzene ring substituents is 1. The highest BCUT2D eigenvalue weighted by Crippen LogP contribution is 2.30. The number of benzene rings is 11. The third kappa shape index (κ3) is 50.8. The molecule has 796 valence electrons. The first-order valence-electron chi connectivity index (χ1n) is 53.6. The molecule has 0 amide bonds. The van der Waals surface area contributed by atoms with E-state index in [0.29, 0.717) is 0 Å². The highest BCUT2D eigenvalue weighted by molar-refractivity contribution is 5.54. The molecule has 0 atom stereocenters. The number of rotatable bonds is 60. The van der Waals surface area contributed by atoms with Gasteiger partial charge in [-0.15, -0.1) is 13.2 Å². The first kappa shape index (κ1) is 123. The minimum Gasteiger partial charge on any atom is -0.497 e. The predicted octanol–water partition coefficient (Wildman–Crippen LogP) is 31.9. The number of furan rings is 1. The number of hydrogen-bond donors (Lipinski definition) is 0. The van der Waals surface area contributed by atoms with E-state index >= 15 is 0 Å². The average Bonchev–Trinajstić information content (AvgIpc) is 1.61. The molecular weight excluding hydrogens is 1830 g/mol. The number of hydrogen-bond acceptors (Lipinski definition) is 18. The smallest absolute Gasteiger partial charge is 0.269 e. The summed E-state index contributed by atoms with van der Waals surface area (Å²) in [7, 11) is 13.6. The van der Waals surface area contributed by atoms with E-state index < -0.39 is 0 Å². The van der Waals surface area contributed by atoms with Crippen LogP contribution in [0.2, 0.25) is 0 Å². The maximum Gasteiger partial charge on any atom is 0.269 e. The first-order chi connectivity index (χ1) is 71.7. The first-order valence-corrected chi connectivity index (χ1v) is 53.6. The van der Waals surface area contributed by atoms with Crippen LogP contribution in [0.5, 0.6) is 46.0 Å². The Balaban J connectivity index is 0.000000263. The van der Waals surface area contributed by atoms with E-state index in [1.165, 1.54) is 177 Å². The molecule has 0 aliphatic carbocycles. The molecule has 0 aliphatic heterocycles. The van der Waals surface area contributed by atoms with Gasteiger partial charge in [-0.3, -0.25) is 24.8 Å². The van der Waals surface area contributed by atoms with Crippen molar-refractivity contribution < 1.29 is 47.2 Å². The van der Waals surface area contributed by atoms with E-state index in [-0.39, 0.29) is 10.6 Å². The summed E-state index contributed by atoms with van der Waals surface area (Å²) in [6.45, 7) is 44.3. The van der Waals surface area contributed by atoms with Crippen LogP contribution in [-0.4, -0.2) is 135 Å². The fraction of sp³-hybridized carbons (Fsp3) is 0.422. The van der Waals surface area contributed by atoms with Gasteiger partial charge in [-0.1, -0.05) is 270 Å². The molecule has 0 bridgehead atoms. The van der Waals surface area contributed by atoms with Crippen LogP contribution in [0.4, 0.5) is 28.4 Å². The van der Waals surface area contributed by atoms with E-state index in [9.17, 15) is 10.1 Å². The van der Waals surface area contributed by atoms with Crippen molar-refractivity contribution in [2.45, 2.75) is 243 Å². The summed E-state index contributed by atoms with van der Waals surface area (Å²) in [4.78, 5) is 27.3. The molecule has 0 aliphatic rings. The van der Waals surface area contributed by atoms with E-state index in [4.69, 9.17) is 42.3 Å². The third-order valence-electron chi connectivity index (χ3n) is 25.3. The van der Waals surface area contributed by atoms with Gasteiger partial charge in [-0.05, 0) is 263 Å². The number of methoxy groups -OCH3 is 8. The molecule has 1 aromatic heterocycles. The number of unbranched alkanes of at least 4 members (excludes halogenated alkanes) is 13. The van der Waals surface area contributed by atoms with Crippen molar-refractivity contribution >= 4 is 28.4 Å². The Bertz CT molecular complexity index is 5300. The highest BCUT2D eigenvalue weighted by atomic mass is 16.6. The summed E-state index contributed by atoms with van der Waals surface area (Å²) >= 11 is 0. The SMILES string of the molecule is C=CCN(CCCC)Cc1ccc(C)cc1.C=CCN(CCCCC)Cc1ccc(OC)cc1.CCCCCCN(Cc1ccc(OC)cc1)c1ccc(OC)cc1.CCCCCN(Cc1ccc(C)cc1)c1ccc(OC)cc1.CCCCCN(Cc1ccc(OC)cc1)Cc1ccco1.CCCCCN(Cc1ccc(OC)cc1)c1cccc(OC)c1.CCCCN(Cc1ccc([N+](=O)[O-])cc1)c1ccc(OC)cc1. The van der Waals surface area contributed by atoms with E-state index in [0.717, 1.165) is 187 Å². The molecule has 0 saturated carbocycles. The van der Waals surface area contributed by atoms with Crippen molar-refractivity contribution in [1.29, 1.82) is 0 Å². The molecule has 12 rings (SSSR count). The maximum atomic E-state index is 10.7. The van der Waals surface area contributed by atoms with Gasteiger partial charge in [0.25, 0.3) is 5.69 Å². The fourth-order valence-electron chi connectivity index (χ4n) is 16.5. The number of aryl methyl sites for hydroxylation is 2. The molecule has 0 spiro atoms. The normalized spacial score (nSPS) is 10.6. The van der Waals surface area contributed by atoms with Crippen LogP contribution in [-0.2, 0) is 52.4 Å². The van der Waals surface area contributed by atoms with Crippen molar-refractivity contribution in [2.75, 3.05) is 135 Å². The van der Waals surface area contributed by atoms with Gasteiger partial charge < -0.3 is 61.9 Å². The Hall–Kier alpha value is -12.9. The van der Waals surface area contributed by atoms with Gasteiger partial charge in [0.1, 0.15) is 51.8 Å². The van der Waals surface area contributed by atoms with E-state index in [1.54, 1.807) is 75.3 Å². The van der Waals surface area contributed by atoms with Crippen LogP contribution in [0, 0.1) is 24.0 Å². The topological polar surface area (TPSA) is 153 Å². The molecule has 0 fully saturated rings. The fourth-order valence-corrected chi connectivity index (χ4v) is 16.5. The van der Waals surface area contributed by atoms with Crippen molar-refractivity contribution in [3.63, 3.8) is 0 Å². The predicted molar refractivity (Wildman–Crippen MR) is 619 cm³/mol. The summed E-state index contributed by atoms with van der Waals surface area (Å²) in [6.07, 6.45) is 30.5. The minimum absolute atomic E-state index is 0.123. The van der Waals surface area contributed by atoms with Gasteiger partial charge in [-0.25, -0.2) is 0 Å². The summed E-state index contributed by atoms with van der Waals surface area (Å²) in [5.74, 6) is 8.19. The second-order valence-electron chi connectivity index (χ2n) is 37.2. The summed E-state index contributed by atoms with van der Waals surface area (Å²) in [5.41, 5.74) is 16.6. The van der Waals surface area contributed by atoms with Crippen molar-refractivity contribution in [3.05, 3.63) is 377 Å². The van der Waals surface area contributed by atoms with Crippen LogP contribution in [0.25, 0.3) is 0 Å². The summed E-state index contributed by atoms with van der Waals surface area (Å²) in [5, 5.41) is 10.7. The lowest BCUT2D eigenvalue weighted by atomic mass is 10.1. The molecule has 0 saturated heterocycles. The number of nitro benzene ring substituents is 1. The Labute approximate surface area is 886 Å². The molecule has 11 aromatic carbocycles. The molecule has 0 radical (unpaired) electrons. The summed E-state index contributed by atoms with van der Waals surface area (Å²) < 4.78 is 47.5. The van der Waals surface area contributed by atoms with Crippen LogP contribution in [0.3, 0.4) is 0 Å². The summed E-state index contributed by atoms with van der Waals surface area (Å²) in [6, 6.07) is 94.6.